The molecule has 1 aromatic rings. The van der Waals surface area contributed by atoms with Crippen molar-refractivity contribution in [2.45, 2.75) is 19.0 Å². The number of piperazine rings is 1. The van der Waals surface area contributed by atoms with Crippen LogP contribution in [0.2, 0.25) is 0 Å². The van der Waals surface area contributed by atoms with Gasteiger partial charge < -0.3 is 24.6 Å². The molecule has 0 saturated carbocycles. The number of methoxy groups -OCH3 is 1. The summed E-state index contributed by atoms with van der Waals surface area (Å²) in [6, 6.07) is 4.09. The van der Waals surface area contributed by atoms with Crippen LogP contribution in [0, 0.1) is 0 Å². The van der Waals surface area contributed by atoms with E-state index in [9.17, 15) is 18.0 Å². The zero-order valence-electron chi connectivity index (χ0n) is 16.3. The molecule has 158 valence electrons. The van der Waals surface area contributed by atoms with Gasteiger partial charge in [-0.25, -0.2) is 0 Å². The Morgan fingerprint density at radius 2 is 1.86 bits per heavy atom. The second-order valence-corrected chi connectivity index (χ2v) is 6.77. The van der Waals surface area contributed by atoms with Crippen LogP contribution in [0.1, 0.15) is 18.4 Å². The maximum absolute atomic E-state index is 13.5. The van der Waals surface area contributed by atoms with Gasteiger partial charge in [0.1, 0.15) is 0 Å². The number of hydrogen-bond donors (Lipinski definition) is 1. The fraction of sp³-hybridized carbons (Fsp3) is 0.632. The molecule has 0 spiro atoms. The molecule has 0 radical (unpaired) electrons. The average Bonchev–Trinajstić information content (AvgIpc) is 2.65. The number of halogens is 3. The molecule has 1 aromatic carbocycles. The minimum Gasteiger partial charge on any atom is -0.382 e. The standard InChI is InChI=1S/C19H28F3N3O3/c1-24-7-9-25(10-8-24)15-5-6-17(16(14-15)19(20,21)22)23-18(26)4-3-11-28-13-12-27-2/h5-6,14H,3-4,7-13H2,1-2H3,(H,23,26). The molecule has 1 saturated heterocycles. The summed E-state index contributed by atoms with van der Waals surface area (Å²) in [5.74, 6) is -0.465. The van der Waals surface area contributed by atoms with E-state index < -0.39 is 17.6 Å². The summed E-state index contributed by atoms with van der Waals surface area (Å²) < 4.78 is 50.7. The topological polar surface area (TPSA) is 54.0 Å². The third-order valence-electron chi connectivity index (χ3n) is 4.58. The second-order valence-electron chi connectivity index (χ2n) is 6.77. The molecule has 1 N–H and O–H groups in total. The lowest BCUT2D eigenvalue weighted by Crippen LogP contribution is -2.44. The van der Waals surface area contributed by atoms with Gasteiger partial charge in [-0.2, -0.15) is 13.2 Å². The fourth-order valence-corrected chi connectivity index (χ4v) is 2.93. The Bertz CT molecular complexity index is 633. The first-order valence-corrected chi connectivity index (χ1v) is 9.32. The summed E-state index contributed by atoms with van der Waals surface area (Å²) in [5.41, 5.74) is -0.519. The predicted octanol–water partition coefficient (Wildman–Crippen LogP) is 2.84. The van der Waals surface area contributed by atoms with Crippen molar-refractivity contribution in [3.05, 3.63) is 23.8 Å². The Labute approximate surface area is 163 Å². The van der Waals surface area contributed by atoms with Crippen molar-refractivity contribution >= 4 is 17.3 Å². The summed E-state index contributed by atoms with van der Waals surface area (Å²) >= 11 is 0. The van der Waals surface area contributed by atoms with Gasteiger partial charge in [-0.15, -0.1) is 0 Å². The number of carbonyl (C=O) groups excluding carboxylic acids is 1. The van der Waals surface area contributed by atoms with Gasteiger partial charge in [-0.1, -0.05) is 0 Å². The highest BCUT2D eigenvalue weighted by molar-refractivity contribution is 5.92. The molecule has 0 atom stereocenters. The molecule has 1 amide bonds. The van der Waals surface area contributed by atoms with Crippen LogP contribution in [-0.2, 0) is 20.4 Å². The van der Waals surface area contributed by atoms with Gasteiger partial charge in [-0.3, -0.25) is 4.79 Å². The third kappa shape index (κ3) is 6.96. The molecule has 28 heavy (non-hydrogen) atoms. The van der Waals surface area contributed by atoms with E-state index in [4.69, 9.17) is 9.47 Å². The predicted molar refractivity (Wildman–Crippen MR) is 102 cm³/mol. The summed E-state index contributed by atoms with van der Waals surface area (Å²) in [5, 5.41) is 2.39. The maximum atomic E-state index is 13.5. The van der Waals surface area contributed by atoms with Crippen LogP contribution < -0.4 is 10.2 Å². The van der Waals surface area contributed by atoms with E-state index in [2.05, 4.69) is 10.2 Å². The van der Waals surface area contributed by atoms with E-state index in [1.807, 2.05) is 11.9 Å². The summed E-state index contributed by atoms with van der Waals surface area (Å²) in [6.07, 6.45) is -4.03. The Morgan fingerprint density at radius 3 is 2.50 bits per heavy atom. The smallest absolute Gasteiger partial charge is 0.382 e. The minimum absolute atomic E-state index is 0.0878. The number of nitrogens with one attached hydrogen (secondary N) is 1. The van der Waals surface area contributed by atoms with Gasteiger partial charge >= 0.3 is 6.18 Å². The van der Waals surface area contributed by atoms with Crippen molar-refractivity contribution in [3.63, 3.8) is 0 Å². The van der Waals surface area contributed by atoms with E-state index in [0.29, 0.717) is 45.0 Å². The number of likely N-dealkylation sites (N-methyl/N-ethyl adjacent to an activating group) is 1. The number of anilines is 2. The fourth-order valence-electron chi connectivity index (χ4n) is 2.93. The maximum Gasteiger partial charge on any atom is 0.418 e. The van der Waals surface area contributed by atoms with Crippen LogP contribution >= 0.6 is 0 Å². The van der Waals surface area contributed by atoms with E-state index in [-0.39, 0.29) is 12.1 Å². The number of nitrogens with zero attached hydrogens (tertiary/aromatic N) is 2. The molecule has 0 aromatic heterocycles. The second kappa shape index (κ2) is 10.6. The molecule has 1 aliphatic heterocycles. The van der Waals surface area contributed by atoms with Crippen LogP contribution in [0.3, 0.4) is 0 Å². The van der Waals surface area contributed by atoms with Crippen LogP contribution in [0.4, 0.5) is 24.5 Å². The van der Waals surface area contributed by atoms with Crippen molar-refractivity contribution in [3.8, 4) is 0 Å². The van der Waals surface area contributed by atoms with E-state index in [1.165, 1.54) is 6.07 Å². The first-order chi connectivity index (χ1) is 13.3. The van der Waals surface area contributed by atoms with Gasteiger partial charge in [0.2, 0.25) is 5.91 Å². The quantitative estimate of drug-likeness (QED) is 0.643. The molecular weight excluding hydrogens is 375 g/mol. The summed E-state index contributed by atoms with van der Waals surface area (Å²) in [6.45, 7) is 4.17. The normalized spacial score (nSPS) is 15.7. The number of amides is 1. The number of rotatable bonds is 9. The first kappa shape index (κ1) is 22.4. The zero-order chi connectivity index (χ0) is 20.6. The monoisotopic (exact) mass is 403 g/mol. The lowest BCUT2D eigenvalue weighted by atomic mass is 10.1. The molecular formula is C19H28F3N3O3. The Hall–Kier alpha value is -1.84. The average molecular weight is 403 g/mol. The number of carbonyl (C=O) groups is 1. The number of alkyl halides is 3. The van der Waals surface area contributed by atoms with Crippen molar-refractivity contribution < 1.29 is 27.4 Å². The van der Waals surface area contributed by atoms with Crippen molar-refractivity contribution in [1.82, 2.24) is 4.90 Å². The Morgan fingerprint density at radius 1 is 1.14 bits per heavy atom. The molecule has 0 unspecified atom stereocenters. The van der Waals surface area contributed by atoms with Crippen LogP contribution in [0.5, 0.6) is 0 Å². The van der Waals surface area contributed by atoms with E-state index in [0.717, 1.165) is 19.2 Å². The summed E-state index contributed by atoms with van der Waals surface area (Å²) in [7, 11) is 3.55. The van der Waals surface area contributed by atoms with E-state index in [1.54, 1.807) is 13.2 Å². The Balaban J connectivity index is 1.98. The summed E-state index contributed by atoms with van der Waals surface area (Å²) in [4.78, 5) is 16.1. The van der Waals surface area contributed by atoms with Crippen molar-refractivity contribution in [2.75, 3.05) is 70.4 Å². The largest absolute Gasteiger partial charge is 0.418 e. The molecule has 0 bridgehead atoms. The highest BCUT2D eigenvalue weighted by atomic mass is 19.4. The van der Waals surface area contributed by atoms with Gasteiger partial charge in [0.25, 0.3) is 0 Å². The molecule has 1 heterocycles. The highest BCUT2D eigenvalue weighted by Crippen LogP contribution is 2.37. The van der Waals surface area contributed by atoms with Crippen LogP contribution in [0.15, 0.2) is 18.2 Å². The SMILES string of the molecule is COCCOCCCC(=O)Nc1ccc(N2CCN(C)CC2)cc1C(F)(F)F. The van der Waals surface area contributed by atoms with Crippen molar-refractivity contribution in [2.24, 2.45) is 0 Å². The molecule has 1 aliphatic rings. The van der Waals surface area contributed by atoms with Gasteiger partial charge in [-0.05, 0) is 31.7 Å². The van der Waals surface area contributed by atoms with Gasteiger partial charge in [0.15, 0.2) is 0 Å². The highest BCUT2D eigenvalue weighted by Gasteiger charge is 2.34. The number of ether oxygens (including phenoxy) is 2. The minimum atomic E-state index is -4.55. The Kier molecular flexibility index (Phi) is 8.53. The lowest BCUT2D eigenvalue weighted by molar-refractivity contribution is -0.136. The zero-order valence-corrected chi connectivity index (χ0v) is 16.3. The molecule has 9 heteroatoms. The van der Waals surface area contributed by atoms with E-state index >= 15 is 0 Å². The molecule has 6 nitrogen and oxygen atoms in total. The molecule has 2 rings (SSSR count). The molecule has 0 aliphatic carbocycles. The number of hydrogen-bond acceptors (Lipinski definition) is 5. The third-order valence-corrected chi connectivity index (χ3v) is 4.58. The first-order valence-electron chi connectivity index (χ1n) is 9.32. The van der Waals surface area contributed by atoms with Crippen LogP contribution in [-0.4, -0.2) is 71.0 Å². The van der Waals surface area contributed by atoms with Crippen molar-refractivity contribution in [1.29, 1.82) is 0 Å². The lowest BCUT2D eigenvalue weighted by Gasteiger charge is -2.34. The van der Waals surface area contributed by atoms with Crippen LogP contribution in [0.25, 0.3) is 0 Å². The molecule has 1 fully saturated rings. The number of benzene rings is 1. The van der Waals surface area contributed by atoms with Gasteiger partial charge in [0, 0.05) is 52.0 Å². The van der Waals surface area contributed by atoms with Gasteiger partial charge in [0.05, 0.1) is 24.5 Å².